The van der Waals surface area contributed by atoms with Gasteiger partial charge in [-0.1, -0.05) is 0 Å². The molecule has 1 atom stereocenters. The Balaban J connectivity index is 2.26. The Hall–Kier alpha value is -0.740. The number of aryl methyl sites for hydroxylation is 1. The average Bonchev–Trinajstić information content (AvgIpc) is 2.36. The normalized spacial score (nSPS) is 19.8. The van der Waals surface area contributed by atoms with Crippen LogP contribution in [0, 0.1) is 12.8 Å². The predicted molar refractivity (Wildman–Crippen MR) is 76.4 cm³/mol. The van der Waals surface area contributed by atoms with Crippen LogP contribution >= 0.6 is 15.9 Å². The van der Waals surface area contributed by atoms with Crippen molar-refractivity contribution < 1.29 is 9.84 Å². The van der Waals surface area contributed by atoms with Gasteiger partial charge in [0.15, 0.2) is 11.5 Å². The van der Waals surface area contributed by atoms with Gasteiger partial charge in [-0.05, 0) is 72.8 Å². The van der Waals surface area contributed by atoms with E-state index in [1.54, 1.807) is 7.11 Å². The monoisotopic (exact) mass is 313 g/mol. The molecule has 0 bridgehead atoms. The number of hydrogen-bond donors (Lipinski definition) is 2. The summed E-state index contributed by atoms with van der Waals surface area (Å²) in [6, 6.07) is 2.02. The molecule has 18 heavy (non-hydrogen) atoms. The van der Waals surface area contributed by atoms with Crippen LogP contribution in [0.2, 0.25) is 0 Å². The highest BCUT2D eigenvalue weighted by molar-refractivity contribution is 9.10. The lowest BCUT2D eigenvalue weighted by Gasteiger charge is -2.24. The maximum Gasteiger partial charge on any atom is 0.174 e. The minimum Gasteiger partial charge on any atom is -0.504 e. The largest absolute Gasteiger partial charge is 0.504 e. The first kappa shape index (κ1) is 13.7. The van der Waals surface area contributed by atoms with E-state index in [1.165, 1.54) is 12.8 Å². The first-order valence-electron chi connectivity index (χ1n) is 6.39. The molecule has 3 nitrogen and oxygen atoms in total. The third-order valence-electron chi connectivity index (χ3n) is 3.63. The van der Waals surface area contributed by atoms with Crippen molar-refractivity contribution in [2.24, 2.45) is 5.92 Å². The molecule has 1 aliphatic heterocycles. The van der Waals surface area contributed by atoms with Crippen molar-refractivity contribution in [3.63, 3.8) is 0 Å². The fourth-order valence-electron chi connectivity index (χ4n) is 2.62. The van der Waals surface area contributed by atoms with Crippen LogP contribution in [0.5, 0.6) is 11.5 Å². The standard InChI is InChI=1S/C14H20BrNO2/c1-9-6-12(15)14(18-2)13(17)11(9)7-10-4-3-5-16-8-10/h6,10,16-17H,3-5,7-8H2,1-2H3. The second kappa shape index (κ2) is 5.93. The summed E-state index contributed by atoms with van der Waals surface area (Å²) in [4.78, 5) is 0. The molecule has 0 spiro atoms. The Morgan fingerprint density at radius 3 is 2.94 bits per heavy atom. The Morgan fingerprint density at radius 2 is 2.33 bits per heavy atom. The van der Waals surface area contributed by atoms with Gasteiger partial charge in [0, 0.05) is 5.56 Å². The lowest BCUT2D eigenvalue weighted by atomic mass is 9.90. The molecule has 1 fully saturated rings. The first-order chi connectivity index (χ1) is 8.63. The molecular weight excluding hydrogens is 294 g/mol. The van der Waals surface area contributed by atoms with Crippen LogP contribution in [-0.4, -0.2) is 25.3 Å². The summed E-state index contributed by atoms with van der Waals surface area (Å²) >= 11 is 3.42. The fraction of sp³-hybridized carbons (Fsp3) is 0.571. The SMILES string of the molecule is COc1c(Br)cc(C)c(CC2CCCNC2)c1O. The van der Waals surface area contributed by atoms with Crippen LogP contribution < -0.4 is 10.1 Å². The number of rotatable bonds is 3. The Morgan fingerprint density at radius 1 is 1.56 bits per heavy atom. The number of nitrogens with one attached hydrogen (secondary N) is 1. The Labute approximate surface area is 117 Å². The van der Waals surface area contributed by atoms with Crippen molar-refractivity contribution >= 4 is 15.9 Å². The maximum absolute atomic E-state index is 10.3. The third kappa shape index (κ3) is 2.81. The summed E-state index contributed by atoms with van der Waals surface area (Å²) in [5.41, 5.74) is 2.13. The van der Waals surface area contributed by atoms with Gasteiger partial charge < -0.3 is 15.2 Å². The summed E-state index contributed by atoms with van der Waals surface area (Å²) in [5.74, 6) is 1.43. The van der Waals surface area contributed by atoms with Gasteiger partial charge in [0.05, 0.1) is 11.6 Å². The summed E-state index contributed by atoms with van der Waals surface area (Å²) in [6.45, 7) is 4.19. The Bertz CT molecular complexity index is 428. The highest BCUT2D eigenvalue weighted by Crippen LogP contribution is 2.40. The molecule has 0 radical (unpaired) electrons. The van der Waals surface area contributed by atoms with Gasteiger partial charge in [0.2, 0.25) is 0 Å². The van der Waals surface area contributed by atoms with E-state index in [2.05, 4.69) is 21.2 Å². The summed E-state index contributed by atoms with van der Waals surface area (Å²) in [7, 11) is 1.58. The number of hydrogen-bond acceptors (Lipinski definition) is 3. The fourth-order valence-corrected chi connectivity index (χ4v) is 3.31. The lowest BCUT2D eigenvalue weighted by molar-refractivity contribution is 0.352. The summed E-state index contributed by atoms with van der Waals surface area (Å²) < 4.78 is 6.06. The maximum atomic E-state index is 10.3. The number of aromatic hydroxyl groups is 1. The van der Waals surface area contributed by atoms with Crippen molar-refractivity contribution in [3.05, 3.63) is 21.7 Å². The van der Waals surface area contributed by atoms with E-state index in [4.69, 9.17) is 4.74 Å². The highest BCUT2D eigenvalue weighted by atomic mass is 79.9. The molecule has 0 amide bonds. The van der Waals surface area contributed by atoms with Gasteiger partial charge in [-0.15, -0.1) is 0 Å². The molecule has 1 aromatic carbocycles. The van der Waals surface area contributed by atoms with E-state index in [1.807, 2.05) is 13.0 Å². The van der Waals surface area contributed by atoms with Crippen LogP contribution in [-0.2, 0) is 6.42 Å². The number of piperidine rings is 1. The smallest absolute Gasteiger partial charge is 0.174 e. The minimum atomic E-state index is 0.287. The molecule has 2 rings (SSSR count). The minimum absolute atomic E-state index is 0.287. The predicted octanol–water partition coefficient (Wildman–Crippen LogP) is 3.01. The quantitative estimate of drug-likeness (QED) is 0.901. The zero-order chi connectivity index (χ0) is 13.1. The van der Waals surface area contributed by atoms with Gasteiger partial charge in [0.25, 0.3) is 0 Å². The number of benzene rings is 1. The number of halogens is 1. The molecule has 2 N–H and O–H groups in total. The van der Waals surface area contributed by atoms with Crippen LogP contribution in [0.25, 0.3) is 0 Å². The van der Waals surface area contributed by atoms with Crippen molar-refractivity contribution in [3.8, 4) is 11.5 Å². The molecular formula is C14H20BrNO2. The van der Waals surface area contributed by atoms with E-state index >= 15 is 0 Å². The van der Waals surface area contributed by atoms with Crippen LogP contribution in [0.1, 0.15) is 24.0 Å². The van der Waals surface area contributed by atoms with Gasteiger partial charge in [-0.3, -0.25) is 0 Å². The molecule has 1 aromatic rings. The van der Waals surface area contributed by atoms with E-state index < -0.39 is 0 Å². The second-order valence-electron chi connectivity index (χ2n) is 4.95. The molecule has 1 aliphatic rings. The van der Waals surface area contributed by atoms with Gasteiger partial charge in [-0.2, -0.15) is 0 Å². The van der Waals surface area contributed by atoms with E-state index in [9.17, 15) is 5.11 Å². The topological polar surface area (TPSA) is 41.5 Å². The van der Waals surface area contributed by atoms with E-state index in [0.29, 0.717) is 11.7 Å². The van der Waals surface area contributed by atoms with Crippen molar-refractivity contribution in [1.82, 2.24) is 5.32 Å². The molecule has 1 saturated heterocycles. The summed E-state index contributed by atoms with van der Waals surface area (Å²) in [5, 5.41) is 13.7. The lowest BCUT2D eigenvalue weighted by Crippen LogP contribution is -2.31. The van der Waals surface area contributed by atoms with Crippen LogP contribution in [0.15, 0.2) is 10.5 Å². The number of ether oxygens (including phenoxy) is 1. The highest BCUT2D eigenvalue weighted by Gasteiger charge is 2.20. The molecule has 0 saturated carbocycles. The second-order valence-corrected chi connectivity index (χ2v) is 5.81. The van der Waals surface area contributed by atoms with E-state index in [0.717, 1.165) is 35.1 Å². The zero-order valence-electron chi connectivity index (χ0n) is 10.9. The van der Waals surface area contributed by atoms with Crippen LogP contribution in [0.4, 0.5) is 0 Å². The molecule has 0 aliphatic carbocycles. The molecule has 0 aromatic heterocycles. The molecule has 1 heterocycles. The van der Waals surface area contributed by atoms with Crippen molar-refractivity contribution in [2.45, 2.75) is 26.2 Å². The van der Waals surface area contributed by atoms with Crippen LogP contribution in [0.3, 0.4) is 0 Å². The third-order valence-corrected chi connectivity index (χ3v) is 4.22. The summed E-state index contributed by atoms with van der Waals surface area (Å²) in [6.07, 6.45) is 3.36. The first-order valence-corrected chi connectivity index (χ1v) is 7.18. The van der Waals surface area contributed by atoms with E-state index in [-0.39, 0.29) is 5.75 Å². The number of phenolic OH excluding ortho intramolecular Hbond substituents is 1. The molecule has 100 valence electrons. The molecule has 1 unspecified atom stereocenters. The Kier molecular flexibility index (Phi) is 4.51. The van der Waals surface area contributed by atoms with Crippen molar-refractivity contribution in [2.75, 3.05) is 20.2 Å². The average molecular weight is 314 g/mol. The number of phenols is 1. The van der Waals surface area contributed by atoms with Gasteiger partial charge in [0.1, 0.15) is 0 Å². The van der Waals surface area contributed by atoms with Gasteiger partial charge >= 0.3 is 0 Å². The zero-order valence-corrected chi connectivity index (χ0v) is 12.5. The number of methoxy groups -OCH3 is 1. The van der Waals surface area contributed by atoms with Gasteiger partial charge in [-0.25, -0.2) is 0 Å². The van der Waals surface area contributed by atoms with Crippen molar-refractivity contribution in [1.29, 1.82) is 0 Å². The molecule has 4 heteroatoms.